The Morgan fingerprint density at radius 3 is 2.75 bits per heavy atom. The molecular weight excluding hydrogens is 254 g/mol. The van der Waals surface area contributed by atoms with Gasteiger partial charge in [-0.3, -0.25) is 4.98 Å². The fourth-order valence-electron chi connectivity index (χ4n) is 2.11. The normalized spacial score (nSPS) is 14.1. The van der Waals surface area contributed by atoms with Crippen molar-refractivity contribution in [1.29, 1.82) is 0 Å². The molecule has 0 saturated heterocycles. The average Bonchev–Trinajstić information content (AvgIpc) is 3.23. The summed E-state index contributed by atoms with van der Waals surface area (Å²) in [6.45, 7) is 1.93. The Balaban J connectivity index is 2.09. The number of pyridine rings is 1. The van der Waals surface area contributed by atoms with Crippen molar-refractivity contribution in [3.8, 4) is 16.9 Å². The molecule has 0 aliphatic heterocycles. The molecule has 4 heteroatoms. The number of hydrogen-bond donors (Lipinski definition) is 1. The molecule has 0 bridgehead atoms. The van der Waals surface area contributed by atoms with Crippen LogP contribution in [-0.2, 0) is 0 Å². The number of carboxylic acids is 1. The van der Waals surface area contributed by atoms with Gasteiger partial charge in [0.2, 0.25) is 0 Å². The van der Waals surface area contributed by atoms with E-state index in [1.807, 2.05) is 19.1 Å². The summed E-state index contributed by atoms with van der Waals surface area (Å²) in [6, 6.07) is 8.84. The summed E-state index contributed by atoms with van der Waals surface area (Å²) >= 11 is 0. The smallest absolute Gasteiger partial charge is 0.335 e. The van der Waals surface area contributed by atoms with Crippen molar-refractivity contribution in [2.75, 3.05) is 0 Å². The maximum absolute atomic E-state index is 11.1. The third-order valence-electron chi connectivity index (χ3n) is 3.34. The Labute approximate surface area is 117 Å². The molecule has 0 amide bonds. The van der Waals surface area contributed by atoms with E-state index in [1.165, 1.54) is 0 Å². The first-order valence-corrected chi connectivity index (χ1v) is 6.61. The highest BCUT2D eigenvalue weighted by atomic mass is 16.5. The Morgan fingerprint density at radius 2 is 2.10 bits per heavy atom. The summed E-state index contributed by atoms with van der Waals surface area (Å²) < 4.78 is 5.87. The quantitative estimate of drug-likeness (QED) is 0.925. The predicted molar refractivity (Wildman–Crippen MR) is 75.0 cm³/mol. The molecule has 1 aliphatic rings. The molecule has 4 nitrogen and oxygen atoms in total. The lowest BCUT2D eigenvalue weighted by molar-refractivity contribution is 0.0696. The topological polar surface area (TPSA) is 59.4 Å². The lowest BCUT2D eigenvalue weighted by Gasteiger charge is -2.13. The summed E-state index contributed by atoms with van der Waals surface area (Å²) in [5.41, 5.74) is 3.01. The van der Waals surface area contributed by atoms with E-state index >= 15 is 0 Å². The third kappa shape index (κ3) is 2.50. The lowest BCUT2D eigenvalue weighted by atomic mass is 10.0. The number of carboxylic acid groups (broad SMARTS) is 1. The number of aryl methyl sites for hydroxylation is 1. The maximum Gasteiger partial charge on any atom is 0.335 e. The van der Waals surface area contributed by atoms with Crippen LogP contribution in [0.15, 0.2) is 36.5 Å². The molecule has 2 aromatic rings. The summed E-state index contributed by atoms with van der Waals surface area (Å²) in [6.07, 6.45) is 4.02. The van der Waals surface area contributed by atoms with Crippen LogP contribution in [0.2, 0.25) is 0 Å². The monoisotopic (exact) mass is 269 g/mol. The number of carbonyl (C=O) groups is 1. The molecule has 1 heterocycles. The fourth-order valence-corrected chi connectivity index (χ4v) is 2.11. The molecule has 1 N–H and O–H groups in total. The zero-order chi connectivity index (χ0) is 14.1. The van der Waals surface area contributed by atoms with E-state index in [1.54, 1.807) is 24.4 Å². The van der Waals surface area contributed by atoms with E-state index in [2.05, 4.69) is 4.98 Å². The minimum Gasteiger partial charge on any atom is -0.490 e. The van der Waals surface area contributed by atoms with Crippen molar-refractivity contribution >= 4 is 5.97 Å². The first-order valence-electron chi connectivity index (χ1n) is 6.61. The first-order chi connectivity index (χ1) is 9.65. The number of benzene rings is 1. The standard InChI is InChI=1S/C16H15NO3/c1-10-13(3-2-8-17-10)14-7-4-11(16(18)19)9-15(14)20-12-5-6-12/h2-4,7-9,12H,5-6H2,1H3,(H,18,19). The third-order valence-corrected chi connectivity index (χ3v) is 3.34. The summed E-state index contributed by atoms with van der Waals surface area (Å²) in [5.74, 6) is -0.316. The largest absolute Gasteiger partial charge is 0.490 e. The number of hydrogen-bond acceptors (Lipinski definition) is 3. The minimum atomic E-state index is -0.944. The number of rotatable bonds is 4. The minimum absolute atomic E-state index is 0.217. The van der Waals surface area contributed by atoms with Gasteiger partial charge in [0.15, 0.2) is 0 Å². The van der Waals surface area contributed by atoms with Crippen molar-refractivity contribution in [3.05, 3.63) is 47.8 Å². The van der Waals surface area contributed by atoms with Gasteiger partial charge in [0.05, 0.1) is 11.7 Å². The molecule has 20 heavy (non-hydrogen) atoms. The van der Waals surface area contributed by atoms with Crippen LogP contribution in [0.1, 0.15) is 28.9 Å². The van der Waals surface area contributed by atoms with Gasteiger partial charge >= 0.3 is 5.97 Å². The van der Waals surface area contributed by atoms with E-state index < -0.39 is 5.97 Å². The molecule has 3 rings (SSSR count). The zero-order valence-electron chi connectivity index (χ0n) is 11.2. The molecule has 1 saturated carbocycles. The lowest BCUT2D eigenvalue weighted by Crippen LogP contribution is -2.02. The predicted octanol–water partition coefficient (Wildman–Crippen LogP) is 3.30. The van der Waals surface area contributed by atoms with Crippen LogP contribution in [-0.4, -0.2) is 22.2 Å². The molecule has 1 aromatic carbocycles. The van der Waals surface area contributed by atoms with Crippen LogP contribution in [0, 0.1) is 6.92 Å². The van der Waals surface area contributed by atoms with Crippen LogP contribution in [0.3, 0.4) is 0 Å². The molecule has 102 valence electrons. The SMILES string of the molecule is Cc1ncccc1-c1ccc(C(=O)O)cc1OC1CC1. The van der Waals surface area contributed by atoms with Crippen molar-refractivity contribution < 1.29 is 14.6 Å². The summed E-state index contributed by atoms with van der Waals surface area (Å²) in [7, 11) is 0. The van der Waals surface area contributed by atoms with Crippen LogP contribution in [0.25, 0.3) is 11.1 Å². The van der Waals surface area contributed by atoms with E-state index in [9.17, 15) is 4.79 Å². The van der Waals surface area contributed by atoms with Crippen LogP contribution >= 0.6 is 0 Å². The highest BCUT2D eigenvalue weighted by Gasteiger charge is 2.25. The first kappa shape index (κ1) is 12.7. The average molecular weight is 269 g/mol. The Kier molecular flexibility index (Phi) is 3.14. The second-order valence-corrected chi connectivity index (χ2v) is 4.97. The van der Waals surface area contributed by atoms with E-state index in [0.717, 1.165) is 29.7 Å². The summed E-state index contributed by atoms with van der Waals surface area (Å²) in [4.78, 5) is 15.4. The van der Waals surface area contributed by atoms with E-state index in [4.69, 9.17) is 9.84 Å². The van der Waals surface area contributed by atoms with Gasteiger partial charge in [-0.25, -0.2) is 4.79 Å². The van der Waals surface area contributed by atoms with Gasteiger partial charge in [-0.05, 0) is 44.0 Å². The molecule has 1 aromatic heterocycles. The summed E-state index contributed by atoms with van der Waals surface area (Å²) in [5, 5.41) is 9.11. The van der Waals surface area contributed by atoms with Crippen LogP contribution in [0.5, 0.6) is 5.75 Å². The van der Waals surface area contributed by atoms with Crippen molar-refractivity contribution in [2.24, 2.45) is 0 Å². The molecule has 0 radical (unpaired) electrons. The van der Waals surface area contributed by atoms with Crippen molar-refractivity contribution in [2.45, 2.75) is 25.9 Å². The highest BCUT2D eigenvalue weighted by molar-refractivity contribution is 5.90. The molecular formula is C16H15NO3. The van der Waals surface area contributed by atoms with Gasteiger partial charge in [-0.1, -0.05) is 6.07 Å². The van der Waals surface area contributed by atoms with Gasteiger partial charge < -0.3 is 9.84 Å². The highest BCUT2D eigenvalue weighted by Crippen LogP contribution is 2.36. The van der Waals surface area contributed by atoms with Gasteiger partial charge in [0.1, 0.15) is 5.75 Å². The number of aromatic nitrogens is 1. The van der Waals surface area contributed by atoms with Gasteiger partial charge in [-0.2, -0.15) is 0 Å². The number of aromatic carboxylic acids is 1. The van der Waals surface area contributed by atoms with Crippen LogP contribution in [0.4, 0.5) is 0 Å². The molecule has 0 unspecified atom stereocenters. The van der Waals surface area contributed by atoms with Gasteiger partial charge in [0.25, 0.3) is 0 Å². The second kappa shape index (κ2) is 4.96. The molecule has 0 atom stereocenters. The Morgan fingerprint density at radius 1 is 1.30 bits per heavy atom. The van der Waals surface area contributed by atoms with E-state index in [0.29, 0.717) is 5.75 Å². The zero-order valence-corrected chi connectivity index (χ0v) is 11.2. The van der Waals surface area contributed by atoms with Crippen molar-refractivity contribution in [1.82, 2.24) is 4.98 Å². The van der Waals surface area contributed by atoms with Gasteiger partial charge in [0, 0.05) is 23.0 Å². The second-order valence-electron chi connectivity index (χ2n) is 4.97. The van der Waals surface area contributed by atoms with Crippen LogP contribution < -0.4 is 4.74 Å². The molecule has 1 aliphatic carbocycles. The number of nitrogens with zero attached hydrogens (tertiary/aromatic N) is 1. The Hall–Kier alpha value is -2.36. The Bertz CT molecular complexity index is 663. The number of ether oxygens (including phenoxy) is 1. The maximum atomic E-state index is 11.1. The van der Waals surface area contributed by atoms with E-state index in [-0.39, 0.29) is 11.7 Å². The van der Waals surface area contributed by atoms with Gasteiger partial charge in [-0.15, -0.1) is 0 Å². The fraction of sp³-hybridized carbons (Fsp3) is 0.250. The molecule has 1 fully saturated rings. The molecule has 0 spiro atoms. The van der Waals surface area contributed by atoms with Crippen molar-refractivity contribution in [3.63, 3.8) is 0 Å².